The second-order valence-electron chi connectivity index (χ2n) is 15.0. The number of amides is 3. The summed E-state index contributed by atoms with van der Waals surface area (Å²) in [5, 5.41) is 10.5. The van der Waals surface area contributed by atoms with E-state index in [0.717, 1.165) is 28.7 Å². The topological polar surface area (TPSA) is 174 Å². The van der Waals surface area contributed by atoms with Crippen LogP contribution in [0.4, 0.5) is 4.79 Å². The number of aliphatic imine (C=N–C) groups is 1. The number of hydrazine groups is 2. The number of H-pyrrole nitrogens is 2. The lowest BCUT2D eigenvalue weighted by Crippen LogP contribution is -2.54. The van der Waals surface area contributed by atoms with Crippen LogP contribution in [0.15, 0.2) is 53.5 Å². The number of carbonyl (C=O) groups is 3. The number of nitrogens with one attached hydrogen (secondary N) is 3. The number of rotatable bonds is 13. The predicted octanol–water partition coefficient (Wildman–Crippen LogP) is 6.69. The monoisotopic (exact) mass is 836 g/mol. The molecule has 0 radical (unpaired) electrons. The molecule has 2 fully saturated rings. The van der Waals surface area contributed by atoms with Crippen LogP contribution >= 0.6 is 23.2 Å². The molecule has 3 amide bonds. The quantitative estimate of drug-likeness (QED) is 0.0570. The number of ether oxygens (including phenoxy) is 1. The first-order valence-electron chi connectivity index (χ1n) is 19.1. The molecule has 2 aromatic carbocycles. The SMILES string of the molecule is COOC=N[C@H](C(=O)N1[C@H](c2nc(-c3ccc(-c4ccc(-c5nc([C@@H]6CCN(C)N6C(=O)[C@@H](NC(=O)OC)C(C)C)[nH]c5Cl)cc4)cc3)c(Cl)[nH]2)CCN1C)C(C)C. The first-order chi connectivity index (χ1) is 27.7. The maximum Gasteiger partial charge on any atom is 0.407 e. The van der Waals surface area contributed by atoms with Crippen molar-refractivity contribution in [1.82, 2.24) is 45.3 Å². The lowest BCUT2D eigenvalue weighted by atomic mass is 10.0. The van der Waals surface area contributed by atoms with Crippen molar-refractivity contribution >= 4 is 47.5 Å². The third-order valence-electron chi connectivity index (χ3n) is 10.5. The molecule has 310 valence electrons. The second-order valence-corrected chi connectivity index (χ2v) is 15.8. The Kier molecular flexibility index (Phi) is 13.4. The zero-order valence-electron chi connectivity index (χ0n) is 33.8. The van der Waals surface area contributed by atoms with Gasteiger partial charge < -0.3 is 24.9 Å². The molecule has 4 atom stereocenters. The summed E-state index contributed by atoms with van der Waals surface area (Å²) < 4.78 is 4.77. The van der Waals surface area contributed by atoms with E-state index in [4.69, 9.17) is 42.8 Å². The highest BCUT2D eigenvalue weighted by Crippen LogP contribution is 2.38. The second kappa shape index (κ2) is 18.3. The molecule has 18 heteroatoms. The Hall–Kier alpha value is -5.00. The van der Waals surface area contributed by atoms with Crippen LogP contribution in [0.25, 0.3) is 33.6 Å². The molecule has 4 heterocycles. The van der Waals surface area contributed by atoms with Gasteiger partial charge in [-0.05, 0) is 35.8 Å². The third-order valence-corrected chi connectivity index (χ3v) is 11.1. The number of alkyl carbamates (subject to hydrolysis) is 1. The van der Waals surface area contributed by atoms with Crippen LogP contribution in [-0.2, 0) is 24.1 Å². The minimum atomic E-state index is -0.787. The molecule has 6 rings (SSSR count). The number of methoxy groups -OCH3 is 1. The van der Waals surface area contributed by atoms with Gasteiger partial charge in [-0.15, -0.1) is 0 Å². The third kappa shape index (κ3) is 8.85. The van der Waals surface area contributed by atoms with Crippen molar-refractivity contribution in [2.75, 3.05) is 41.4 Å². The van der Waals surface area contributed by atoms with E-state index in [1.807, 2.05) is 100 Å². The highest BCUT2D eigenvalue weighted by molar-refractivity contribution is 6.32. The van der Waals surface area contributed by atoms with Crippen LogP contribution in [0.2, 0.25) is 10.3 Å². The molecule has 16 nitrogen and oxygen atoms in total. The molecule has 3 N–H and O–H groups in total. The van der Waals surface area contributed by atoms with E-state index in [-0.39, 0.29) is 29.7 Å². The fourth-order valence-electron chi connectivity index (χ4n) is 7.41. The minimum Gasteiger partial charge on any atom is -0.453 e. The summed E-state index contributed by atoms with van der Waals surface area (Å²) in [6.07, 6.45) is 1.77. The van der Waals surface area contributed by atoms with Crippen molar-refractivity contribution in [3.8, 4) is 33.6 Å². The van der Waals surface area contributed by atoms with Crippen LogP contribution in [0.5, 0.6) is 0 Å². The van der Waals surface area contributed by atoms with E-state index in [0.29, 0.717) is 59.3 Å². The minimum absolute atomic E-state index is 0.0858. The van der Waals surface area contributed by atoms with Gasteiger partial charge in [0, 0.05) is 38.3 Å². The fourth-order valence-corrected chi connectivity index (χ4v) is 7.91. The van der Waals surface area contributed by atoms with Gasteiger partial charge in [0.05, 0.1) is 14.2 Å². The first-order valence-corrected chi connectivity index (χ1v) is 19.8. The predicted molar refractivity (Wildman–Crippen MR) is 220 cm³/mol. The van der Waals surface area contributed by atoms with E-state index >= 15 is 0 Å². The number of aromatic amines is 2. The van der Waals surface area contributed by atoms with Crippen LogP contribution < -0.4 is 5.32 Å². The largest absolute Gasteiger partial charge is 0.453 e. The van der Waals surface area contributed by atoms with E-state index < -0.39 is 24.2 Å². The van der Waals surface area contributed by atoms with Gasteiger partial charge in [-0.1, -0.05) is 99.4 Å². The number of imidazole rings is 2. The van der Waals surface area contributed by atoms with Crippen molar-refractivity contribution in [1.29, 1.82) is 0 Å². The van der Waals surface area contributed by atoms with E-state index in [1.54, 1.807) is 10.0 Å². The summed E-state index contributed by atoms with van der Waals surface area (Å²) in [5.74, 6) is 0.440. The Morgan fingerprint density at radius 3 is 1.62 bits per heavy atom. The smallest absolute Gasteiger partial charge is 0.407 e. The molecule has 2 aliphatic heterocycles. The number of hydrogen-bond acceptors (Lipinski definition) is 11. The lowest BCUT2D eigenvalue weighted by Gasteiger charge is -2.33. The summed E-state index contributed by atoms with van der Waals surface area (Å²) in [7, 11) is 6.34. The Morgan fingerprint density at radius 1 is 0.759 bits per heavy atom. The summed E-state index contributed by atoms with van der Waals surface area (Å²) in [4.78, 5) is 69.4. The molecule has 58 heavy (non-hydrogen) atoms. The number of nitrogens with zero attached hydrogens (tertiary/aromatic N) is 7. The van der Waals surface area contributed by atoms with Gasteiger partial charge in [0.1, 0.15) is 57.5 Å². The standard InChI is InChI=1S/C40H50Cl2N10O6/c1-22(2)30(43-21-58-57-8)38(53)51-28(17-19-49(51)5)36-44-32(34(41)47-36)26-13-9-24(10-14-26)25-11-15-27(16-12-25)33-35(42)48-37(45-33)29-18-20-50(6)52(29)39(54)31(23(3)4)46-40(55)56-7/h9-16,21-23,28-31H,17-20H2,1-8H3,(H,44,47)(H,45,48)(H,46,55)/t28-,29-,30-,31-/m0/s1. The highest BCUT2D eigenvalue weighted by atomic mass is 35.5. The maximum atomic E-state index is 13.8. The summed E-state index contributed by atoms with van der Waals surface area (Å²) >= 11 is 13.5. The summed E-state index contributed by atoms with van der Waals surface area (Å²) in [6, 6.07) is 13.6. The van der Waals surface area contributed by atoms with Crippen molar-refractivity contribution in [2.24, 2.45) is 16.8 Å². The summed E-state index contributed by atoms with van der Waals surface area (Å²) in [6.45, 7) is 8.86. The fraction of sp³-hybridized carbons (Fsp3) is 0.450. The Balaban J connectivity index is 1.17. The average molecular weight is 838 g/mol. The zero-order chi connectivity index (χ0) is 41.8. The van der Waals surface area contributed by atoms with Gasteiger partial charge in [0.15, 0.2) is 0 Å². The van der Waals surface area contributed by atoms with Crippen LogP contribution in [0.3, 0.4) is 0 Å². The molecule has 0 bridgehead atoms. The summed E-state index contributed by atoms with van der Waals surface area (Å²) in [5.41, 5.74) is 4.74. The number of aromatic nitrogens is 4. The van der Waals surface area contributed by atoms with Gasteiger partial charge in [-0.2, -0.15) is 4.89 Å². The number of carbonyl (C=O) groups excluding carboxylic acids is 3. The number of hydrogen-bond donors (Lipinski definition) is 3. The molecule has 0 unspecified atom stereocenters. The van der Waals surface area contributed by atoms with Gasteiger partial charge in [-0.3, -0.25) is 19.6 Å². The number of benzene rings is 2. The van der Waals surface area contributed by atoms with Crippen molar-refractivity contribution in [3.05, 3.63) is 70.5 Å². The van der Waals surface area contributed by atoms with Crippen molar-refractivity contribution < 1.29 is 28.9 Å². The molecule has 4 aromatic rings. The molecule has 2 saturated heterocycles. The Morgan fingerprint density at radius 2 is 1.21 bits per heavy atom. The van der Waals surface area contributed by atoms with Gasteiger partial charge in [0.2, 0.25) is 6.40 Å². The maximum absolute atomic E-state index is 13.8. The van der Waals surface area contributed by atoms with E-state index in [1.165, 1.54) is 14.2 Å². The van der Waals surface area contributed by atoms with Crippen LogP contribution in [0, 0.1) is 11.8 Å². The molecule has 0 spiro atoms. The molecule has 2 aliphatic rings. The van der Waals surface area contributed by atoms with E-state index in [9.17, 15) is 14.4 Å². The highest BCUT2D eigenvalue weighted by Gasteiger charge is 2.42. The lowest BCUT2D eigenvalue weighted by molar-refractivity contribution is -0.188. The normalized spacial score (nSPS) is 18.8. The van der Waals surface area contributed by atoms with E-state index in [2.05, 4.69) is 25.2 Å². The van der Waals surface area contributed by atoms with Crippen LogP contribution in [0.1, 0.15) is 64.3 Å². The van der Waals surface area contributed by atoms with Gasteiger partial charge >= 0.3 is 6.09 Å². The first kappa shape index (κ1) is 42.6. The number of halogens is 2. The van der Waals surface area contributed by atoms with Gasteiger partial charge in [0.25, 0.3) is 11.8 Å². The molecule has 2 aromatic heterocycles. The van der Waals surface area contributed by atoms with Crippen LogP contribution in [-0.4, -0.2) is 118 Å². The molecular weight excluding hydrogens is 787 g/mol. The average Bonchev–Trinajstić information content (AvgIpc) is 3.99. The Labute approximate surface area is 347 Å². The van der Waals surface area contributed by atoms with Crippen molar-refractivity contribution in [2.45, 2.75) is 64.7 Å². The Bertz CT molecular complexity index is 2100. The molecular formula is C40H50Cl2N10O6. The molecule has 0 saturated carbocycles. The zero-order valence-corrected chi connectivity index (χ0v) is 35.3. The van der Waals surface area contributed by atoms with Gasteiger partial charge in [-0.25, -0.2) is 29.8 Å². The van der Waals surface area contributed by atoms with Crippen molar-refractivity contribution in [3.63, 3.8) is 0 Å². The molecule has 0 aliphatic carbocycles.